The van der Waals surface area contributed by atoms with Crippen LogP contribution in [0.3, 0.4) is 0 Å². The summed E-state index contributed by atoms with van der Waals surface area (Å²) in [4.78, 5) is 23.3. The number of nitrogens with zero attached hydrogens (tertiary/aromatic N) is 4. The maximum absolute atomic E-state index is 12.5. The highest BCUT2D eigenvalue weighted by Crippen LogP contribution is 2.38. The topological polar surface area (TPSA) is 96.2 Å². The quantitative estimate of drug-likeness (QED) is 0.438. The third-order valence-corrected chi connectivity index (χ3v) is 5.25. The van der Waals surface area contributed by atoms with Crippen LogP contribution in [-0.4, -0.2) is 21.2 Å². The molecule has 3 aromatic heterocycles. The molecule has 1 aromatic carbocycles. The highest BCUT2D eigenvalue weighted by Gasteiger charge is 2.18. The maximum atomic E-state index is 12.5. The normalized spacial score (nSPS) is 10.6. The fourth-order valence-electron chi connectivity index (χ4n) is 3.03. The molecule has 0 bridgehead atoms. The lowest BCUT2D eigenvalue weighted by atomic mass is 10.1. The number of amides is 2. The van der Waals surface area contributed by atoms with Gasteiger partial charge < -0.3 is 15.2 Å². The van der Waals surface area contributed by atoms with Crippen molar-refractivity contribution in [3.63, 3.8) is 0 Å². The maximum Gasteiger partial charge on any atom is 0.323 e. The number of hydrogen-bond acceptors (Lipinski definition) is 7. The largest absolute Gasteiger partial charge is 0.359 e. The van der Waals surface area contributed by atoms with Crippen LogP contribution in [0.4, 0.5) is 32.7 Å². The van der Waals surface area contributed by atoms with Crippen LogP contribution in [0.25, 0.3) is 0 Å². The fourth-order valence-corrected chi connectivity index (χ4v) is 3.70. The number of pyridine rings is 1. The van der Waals surface area contributed by atoms with Gasteiger partial charge in [-0.3, -0.25) is 9.88 Å². The monoisotopic (exact) mass is 420 g/mol. The molecule has 0 saturated carbocycles. The molecule has 0 fully saturated rings. The summed E-state index contributed by atoms with van der Waals surface area (Å²) >= 11 is 1.53. The number of anilines is 5. The summed E-state index contributed by atoms with van der Waals surface area (Å²) in [6.45, 7) is 5.54. The molecule has 0 unspecified atom stereocenters. The number of carbonyl (C=O) groups is 1. The van der Waals surface area contributed by atoms with Crippen molar-refractivity contribution in [3.8, 4) is 0 Å². The first kappa shape index (κ1) is 19.6. The summed E-state index contributed by atoms with van der Waals surface area (Å²) in [5.74, 6) is 0.554. The van der Waals surface area contributed by atoms with E-state index in [0.717, 1.165) is 22.1 Å². The number of rotatable bonds is 5. The van der Waals surface area contributed by atoms with Crippen LogP contribution < -0.4 is 15.5 Å². The van der Waals surface area contributed by atoms with Crippen molar-refractivity contribution in [2.75, 3.05) is 15.5 Å². The Bertz CT molecular complexity index is 1140. The third-order valence-electron chi connectivity index (χ3n) is 4.49. The molecule has 0 atom stereocenters. The minimum atomic E-state index is -0.374. The van der Waals surface area contributed by atoms with Gasteiger partial charge in [-0.05, 0) is 50.6 Å². The van der Waals surface area contributed by atoms with Crippen LogP contribution in [0, 0.1) is 20.8 Å². The fraction of sp³-hybridized carbons (Fsp3) is 0.143. The molecule has 4 aromatic rings. The van der Waals surface area contributed by atoms with Gasteiger partial charge >= 0.3 is 6.03 Å². The summed E-state index contributed by atoms with van der Waals surface area (Å²) in [6.07, 6.45) is 5.27. The van der Waals surface area contributed by atoms with Crippen LogP contribution in [0.1, 0.15) is 17.0 Å². The second kappa shape index (κ2) is 8.34. The number of thiazole rings is 1. The van der Waals surface area contributed by atoms with Crippen LogP contribution in [0.5, 0.6) is 0 Å². The molecule has 30 heavy (non-hydrogen) atoms. The highest BCUT2D eigenvalue weighted by molar-refractivity contribution is 7.13. The molecule has 0 aliphatic rings. The number of aromatic nitrogens is 3. The molecule has 0 spiro atoms. The number of nitrogens with one attached hydrogen (secondary N) is 2. The van der Waals surface area contributed by atoms with E-state index >= 15 is 0 Å². The van der Waals surface area contributed by atoms with Crippen molar-refractivity contribution in [1.82, 2.24) is 15.1 Å². The molecule has 4 rings (SSSR count). The first-order valence-electron chi connectivity index (χ1n) is 9.24. The predicted octanol–water partition coefficient (Wildman–Crippen LogP) is 5.57. The van der Waals surface area contributed by atoms with Gasteiger partial charge in [0.05, 0.1) is 17.6 Å². The zero-order valence-electron chi connectivity index (χ0n) is 16.7. The van der Waals surface area contributed by atoms with E-state index in [4.69, 9.17) is 4.52 Å². The lowest BCUT2D eigenvalue weighted by Crippen LogP contribution is -2.20. The SMILES string of the molecule is Cc1ccc(NC(=O)Nc2c(C)noc2C)cc1N(c1cccnc1)c1nccs1. The Morgan fingerprint density at radius 2 is 2.00 bits per heavy atom. The Balaban J connectivity index is 1.64. The van der Waals surface area contributed by atoms with Crippen molar-refractivity contribution in [2.45, 2.75) is 20.8 Å². The molecular formula is C21H20N6O2S. The first-order valence-corrected chi connectivity index (χ1v) is 10.1. The highest BCUT2D eigenvalue weighted by atomic mass is 32.1. The molecule has 0 radical (unpaired) electrons. The van der Waals surface area contributed by atoms with E-state index in [-0.39, 0.29) is 6.03 Å². The van der Waals surface area contributed by atoms with E-state index < -0.39 is 0 Å². The van der Waals surface area contributed by atoms with Crippen LogP contribution >= 0.6 is 11.3 Å². The number of benzene rings is 1. The number of carbonyl (C=O) groups excluding carboxylic acids is 1. The number of hydrogen-bond donors (Lipinski definition) is 2. The van der Waals surface area contributed by atoms with E-state index in [0.29, 0.717) is 22.8 Å². The molecule has 2 amide bonds. The average Bonchev–Trinajstić information content (AvgIpc) is 3.37. The molecule has 152 valence electrons. The third kappa shape index (κ3) is 4.01. The first-order chi connectivity index (χ1) is 14.5. The minimum Gasteiger partial charge on any atom is -0.359 e. The molecule has 3 heterocycles. The van der Waals surface area contributed by atoms with Gasteiger partial charge in [0.15, 0.2) is 10.9 Å². The standard InChI is InChI=1S/C21H20N6O2S/c1-13-6-7-16(24-20(28)25-19-14(2)26-29-15(19)3)11-18(13)27(21-23-9-10-30-21)17-5-4-8-22-12-17/h4-12H,1-3H3,(H2,24,25,28). The van der Waals surface area contributed by atoms with Gasteiger partial charge in [-0.2, -0.15) is 0 Å². The molecule has 0 aliphatic carbocycles. The van der Waals surface area contributed by atoms with Crippen LogP contribution in [-0.2, 0) is 0 Å². The second-order valence-electron chi connectivity index (χ2n) is 6.64. The summed E-state index contributed by atoms with van der Waals surface area (Å²) in [7, 11) is 0. The Hall–Kier alpha value is -3.72. The number of aryl methyl sites for hydroxylation is 3. The van der Waals surface area contributed by atoms with E-state index in [1.807, 2.05) is 47.5 Å². The van der Waals surface area contributed by atoms with Crippen molar-refractivity contribution in [1.29, 1.82) is 0 Å². The van der Waals surface area contributed by atoms with Gasteiger partial charge in [0, 0.05) is 23.5 Å². The Kier molecular flexibility index (Phi) is 5.44. The van der Waals surface area contributed by atoms with Crippen molar-refractivity contribution in [3.05, 3.63) is 71.3 Å². The van der Waals surface area contributed by atoms with Crippen LogP contribution in [0.15, 0.2) is 58.8 Å². The lowest BCUT2D eigenvalue weighted by molar-refractivity contribution is 0.262. The lowest BCUT2D eigenvalue weighted by Gasteiger charge is -2.24. The van der Waals surface area contributed by atoms with Crippen molar-refractivity contribution in [2.24, 2.45) is 0 Å². The van der Waals surface area contributed by atoms with E-state index in [1.165, 1.54) is 11.3 Å². The predicted molar refractivity (Wildman–Crippen MR) is 118 cm³/mol. The van der Waals surface area contributed by atoms with Gasteiger partial charge in [-0.25, -0.2) is 9.78 Å². The summed E-state index contributed by atoms with van der Waals surface area (Å²) in [6, 6.07) is 9.20. The summed E-state index contributed by atoms with van der Waals surface area (Å²) in [5, 5.41) is 12.2. The van der Waals surface area contributed by atoms with Gasteiger partial charge in [0.25, 0.3) is 0 Å². The van der Waals surface area contributed by atoms with Gasteiger partial charge in [0.2, 0.25) is 0 Å². The molecule has 0 aliphatic heterocycles. The molecule has 0 saturated heterocycles. The smallest absolute Gasteiger partial charge is 0.323 e. The van der Waals surface area contributed by atoms with Gasteiger partial charge in [0.1, 0.15) is 11.4 Å². The molecule has 9 heteroatoms. The Morgan fingerprint density at radius 3 is 2.67 bits per heavy atom. The summed E-state index contributed by atoms with van der Waals surface area (Å²) < 4.78 is 5.09. The molecule has 8 nitrogen and oxygen atoms in total. The van der Waals surface area contributed by atoms with E-state index in [2.05, 4.69) is 25.8 Å². The Labute approximate surface area is 177 Å². The molecular weight excluding hydrogens is 400 g/mol. The van der Waals surface area contributed by atoms with Crippen molar-refractivity contribution >= 4 is 45.2 Å². The Morgan fingerprint density at radius 1 is 1.13 bits per heavy atom. The van der Waals surface area contributed by atoms with Crippen LogP contribution in [0.2, 0.25) is 0 Å². The molecule has 2 N–H and O–H groups in total. The average molecular weight is 420 g/mol. The number of urea groups is 1. The zero-order valence-corrected chi connectivity index (χ0v) is 17.5. The van der Waals surface area contributed by atoms with Gasteiger partial charge in [-0.1, -0.05) is 11.2 Å². The minimum absolute atomic E-state index is 0.374. The van der Waals surface area contributed by atoms with Crippen molar-refractivity contribution < 1.29 is 9.32 Å². The zero-order chi connectivity index (χ0) is 21.1. The van der Waals surface area contributed by atoms with E-state index in [9.17, 15) is 4.79 Å². The van der Waals surface area contributed by atoms with E-state index in [1.54, 1.807) is 32.4 Å². The second-order valence-corrected chi connectivity index (χ2v) is 7.51. The van der Waals surface area contributed by atoms with Gasteiger partial charge in [-0.15, -0.1) is 11.3 Å². The summed E-state index contributed by atoms with van der Waals surface area (Å²) in [5.41, 5.74) is 4.65.